The van der Waals surface area contributed by atoms with Gasteiger partial charge in [-0.2, -0.15) is 0 Å². The molecule has 0 atom stereocenters. The number of ketones is 1. The van der Waals surface area contributed by atoms with Gasteiger partial charge in [0.1, 0.15) is 5.75 Å². The molecule has 0 amide bonds. The van der Waals surface area contributed by atoms with Crippen LogP contribution in [-0.2, 0) is 6.42 Å². The highest BCUT2D eigenvalue weighted by Crippen LogP contribution is 2.20. The molecule has 1 aromatic carbocycles. The van der Waals surface area contributed by atoms with Gasteiger partial charge in [0, 0.05) is 17.3 Å². The highest BCUT2D eigenvalue weighted by atomic mass is 32.2. The molecule has 8 heteroatoms. The van der Waals surface area contributed by atoms with E-state index >= 15 is 0 Å². The van der Waals surface area contributed by atoms with Crippen molar-refractivity contribution >= 4 is 23.3 Å². The summed E-state index contributed by atoms with van der Waals surface area (Å²) in [6, 6.07) is 8.50. The first kappa shape index (κ1) is 16.3. The SMILES string of the molecule is CCc1cc(=O)[nH]c2nnc(SCC(=O)c3ccc(OC)cc3)n12. The summed E-state index contributed by atoms with van der Waals surface area (Å²) in [5, 5.41) is 8.63. The Morgan fingerprint density at radius 2 is 2.04 bits per heavy atom. The van der Waals surface area contributed by atoms with Crippen LogP contribution in [0.4, 0.5) is 0 Å². The van der Waals surface area contributed by atoms with Crippen LogP contribution in [0.25, 0.3) is 5.78 Å². The maximum absolute atomic E-state index is 12.3. The molecule has 124 valence electrons. The second kappa shape index (κ2) is 6.88. The monoisotopic (exact) mass is 344 g/mol. The van der Waals surface area contributed by atoms with Gasteiger partial charge in [-0.05, 0) is 30.7 Å². The van der Waals surface area contributed by atoms with Crippen LogP contribution in [-0.4, -0.2) is 38.2 Å². The number of aryl methyl sites for hydroxylation is 1. The average molecular weight is 344 g/mol. The van der Waals surface area contributed by atoms with E-state index in [0.717, 1.165) is 5.69 Å². The zero-order valence-corrected chi connectivity index (χ0v) is 14.1. The van der Waals surface area contributed by atoms with E-state index in [9.17, 15) is 9.59 Å². The largest absolute Gasteiger partial charge is 0.497 e. The lowest BCUT2D eigenvalue weighted by molar-refractivity contribution is 0.102. The number of carbonyl (C=O) groups excluding carboxylic acids is 1. The van der Waals surface area contributed by atoms with Crippen molar-refractivity contribution in [1.29, 1.82) is 0 Å². The van der Waals surface area contributed by atoms with Crippen molar-refractivity contribution in [3.63, 3.8) is 0 Å². The van der Waals surface area contributed by atoms with Crippen LogP contribution >= 0.6 is 11.8 Å². The Balaban J connectivity index is 1.80. The van der Waals surface area contributed by atoms with Gasteiger partial charge < -0.3 is 4.74 Å². The number of ether oxygens (including phenoxy) is 1. The van der Waals surface area contributed by atoms with Crippen molar-refractivity contribution < 1.29 is 9.53 Å². The van der Waals surface area contributed by atoms with Gasteiger partial charge in [-0.25, -0.2) is 0 Å². The van der Waals surface area contributed by atoms with E-state index in [4.69, 9.17) is 4.74 Å². The molecule has 0 spiro atoms. The summed E-state index contributed by atoms with van der Waals surface area (Å²) in [6.45, 7) is 1.95. The second-order valence-electron chi connectivity index (χ2n) is 5.06. The van der Waals surface area contributed by atoms with Gasteiger partial charge >= 0.3 is 0 Å². The molecule has 2 heterocycles. The molecule has 0 unspecified atom stereocenters. The number of carbonyl (C=O) groups is 1. The van der Waals surface area contributed by atoms with Crippen LogP contribution in [0.15, 0.2) is 40.3 Å². The Morgan fingerprint density at radius 1 is 1.29 bits per heavy atom. The number of aromatic nitrogens is 4. The van der Waals surface area contributed by atoms with E-state index in [-0.39, 0.29) is 17.1 Å². The van der Waals surface area contributed by atoms with Gasteiger partial charge in [0.05, 0.1) is 12.9 Å². The molecule has 0 fully saturated rings. The van der Waals surface area contributed by atoms with Crippen LogP contribution in [0.1, 0.15) is 23.0 Å². The molecule has 0 bridgehead atoms. The Morgan fingerprint density at radius 3 is 2.71 bits per heavy atom. The van der Waals surface area contributed by atoms with Gasteiger partial charge in [0.2, 0.25) is 5.78 Å². The Labute approximate surface area is 142 Å². The Bertz CT molecular complexity index is 931. The number of hydrogen-bond acceptors (Lipinski definition) is 6. The van der Waals surface area contributed by atoms with E-state index in [2.05, 4.69) is 15.2 Å². The number of nitrogens with one attached hydrogen (secondary N) is 1. The van der Waals surface area contributed by atoms with Gasteiger partial charge in [0.25, 0.3) is 5.56 Å². The number of rotatable bonds is 6. The minimum atomic E-state index is -0.211. The lowest BCUT2D eigenvalue weighted by Gasteiger charge is -2.05. The molecule has 7 nitrogen and oxygen atoms in total. The van der Waals surface area contributed by atoms with E-state index < -0.39 is 0 Å². The van der Waals surface area contributed by atoms with Crippen LogP contribution < -0.4 is 10.3 Å². The Hall–Kier alpha value is -2.61. The summed E-state index contributed by atoms with van der Waals surface area (Å²) in [5.41, 5.74) is 1.21. The first-order valence-electron chi connectivity index (χ1n) is 7.39. The predicted octanol–water partition coefficient (Wildman–Crippen LogP) is 1.96. The maximum atomic E-state index is 12.3. The van der Waals surface area contributed by atoms with Crippen LogP contribution in [0.5, 0.6) is 5.75 Å². The fraction of sp³-hybridized carbons (Fsp3) is 0.250. The standard InChI is InChI=1S/C16H16N4O3S/c1-3-11-8-14(22)17-15-18-19-16(20(11)15)24-9-13(21)10-4-6-12(23-2)7-5-10/h4-8H,3,9H2,1-2H3,(H,17,18,22). The number of thioether (sulfide) groups is 1. The molecular weight excluding hydrogens is 328 g/mol. The highest BCUT2D eigenvalue weighted by molar-refractivity contribution is 7.99. The zero-order valence-electron chi connectivity index (χ0n) is 13.3. The van der Waals surface area contributed by atoms with Crippen LogP contribution in [0, 0.1) is 0 Å². The van der Waals surface area contributed by atoms with Gasteiger partial charge in [-0.15, -0.1) is 10.2 Å². The molecule has 0 aliphatic carbocycles. The molecule has 2 aromatic heterocycles. The smallest absolute Gasteiger partial charge is 0.252 e. The summed E-state index contributed by atoms with van der Waals surface area (Å²) in [6.07, 6.45) is 0.665. The molecule has 0 aliphatic heterocycles. The Kier molecular flexibility index (Phi) is 4.66. The summed E-state index contributed by atoms with van der Waals surface area (Å²) in [5.74, 6) is 1.31. The van der Waals surface area contributed by atoms with Gasteiger partial charge in [0.15, 0.2) is 10.9 Å². The third kappa shape index (κ3) is 3.18. The van der Waals surface area contributed by atoms with Crippen molar-refractivity contribution in [3.8, 4) is 5.75 Å². The molecular formula is C16H16N4O3S. The van der Waals surface area contributed by atoms with Crippen molar-refractivity contribution in [2.75, 3.05) is 12.9 Å². The summed E-state index contributed by atoms with van der Waals surface area (Å²) in [7, 11) is 1.58. The number of nitrogens with zero attached hydrogens (tertiary/aromatic N) is 3. The number of aromatic amines is 1. The minimum Gasteiger partial charge on any atom is -0.497 e. The zero-order chi connectivity index (χ0) is 17.1. The van der Waals surface area contributed by atoms with Gasteiger partial charge in [-0.3, -0.25) is 19.0 Å². The van der Waals surface area contributed by atoms with Crippen LogP contribution in [0.3, 0.4) is 0 Å². The van der Waals surface area contributed by atoms with Crippen molar-refractivity contribution in [2.24, 2.45) is 0 Å². The first-order valence-corrected chi connectivity index (χ1v) is 8.38. The summed E-state index contributed by atoms with van der Waals surface area (Å²) in [4.78, 5) is 26.5. The highest BCUT2D eigenvalue weighted by Gasteiger charge is 2.14. The number of Topliss-reactive ketones (excluding diaryl/α,β-unsaturated/α-hetero) is 1. The van der Waals surface area contributed by atoms with Crippen LogP contribution in [0.2, 0.25) is 0 Å². The molecule has 0 radical (unpaired) electrons. The summed E-state index contributed by atoms with van der Waals surface area (Å²) < 4.78 is 6.86. The summed E-state index contributed by atoms with van der Waals surface area (Å²) >= 11 is 1.29. The van der Waals surface area contributed by atoms with Crippen molar-refractivity contribution in [2.45, 2.75) is 18.5 Å². The molecule has 0 saturated carbocycles. The molecule has 0 saturated heterocycles. The average Bonchev–Trinajstić information content (AvgIpc) is 3.01. The first-order chi connectivity index (χ1) is 11.6. The van der Waals surface area contributed by atoms with E-state index in [1.165, 1.54) is 17.8 Å². The molecule has 3 rings (SSSR count). The number of H-pyrrole nitrogens is 1. The van der Waals surface area contributed by atoms with E-state index in [1.54, 1.807) is 35.8 Å². The third-order valence-electron chi connectivity index (χ3n) is 3.56. The number of fused-ring (bicyclic) bond motifs is 1. The maximum Gasteiger partial charge on any atom is 0.252 e. The minimum absolute atomic E-state index is 0.0122. The second-order valence-corrected chi connectivity index (χ2v) is 6.00. The van der Waals surface area contributed by atoms with Gasteiger partial charge in [-0.1, -0.05) is 18.7 Å². The van der Waals surface area contributed by atoms with Crippen molar-refractivity contribution in [1.82, 2.24) is 19.6 Å². The number of benzene rings is 1. The quantitative estimate of drug-likeness (QED) is 0.543. The fourth-order valence-corrected chi connectivity index (χ4v) is 3.17. The van der Waals surface area contributed by atoms with E-state index in [0.29, 0.717) is 28.7 Å². The molecule has 24 heavy (non-hydrogen) atoms. The van der Waals surface area contributed by atoms with Crippen molar-refractivity contribution in [3.05, 3.63) is 51.9 Å². The fourth-order valence-electron chi connectivity index (χ4n) is 2.32. The molecule has 3 aromatic rings. The number of methoxy groups -OCH3 is 1. The van der Waals surface area contributed by atoms with E-state index in [1.807, 2.05) is 6.92 Å². The molecule has 1 N–H and O–H groups in total. The predicted molar refractivity (Wildman–Crippen MR) is 91.0 cm³/mol. The third-order valence-corrected chi connectivity index (χ3v) is 4.49. The lowest BCUT2D eigenvalue weighted by atomic mass is 10.1. The lowest BCUT2D eigenvalue weighted by Crippen LogP contribution is -2.11. The molecule has 0 aliphatic rings. The normalized spacial score (nSPS) is 10.9. The number of hydrogen-bond donors (Lipinski definition) is 1. The topological polar surface area (TPSA) is 89.4 Å².